The summed E-state index contributed by atoms with van der Waals surface area (Å²) in [7, 11) is 0. The summed E-state index contributed by atoms with van der Waals surface area (Å²) in [5, 5.41) is 0. The molecule has 21 heavy (non-hydrogen) atoms. The second-order valence-corrected chi connectivity index (χ2v) is 8.11. The Kier molecular flexibility index (Phi) is 3.14. The molecule has 0 radical (unpaired) electrons. The van der Waals surface area contributed by atoms with E-state index in [0.29, 0.717) is 23.6 Å². The molecule has 0 bridgehead atoms. The van der Waals surface area contributed by atoms with Gasteiger partial charge in [-0.05, 0) is 18.4 Å². The lowest BCUT2D eigenvalue weighted by Gasteiger charge is -2.47. The standard InChI is InChI=1S/C16H20N2O2S/c1-11-6-13(11)15(19)18-9-16(10-18)7-12(8-21-16)20-14-4-2-3-5-17-14/h2-5,11-13H,6-10H2,1H3/t11-,12+,13+/m1/s1. The number of carbonyl (C=O) groups excluding carboxylic acids is 1. The Morgan fingerprint density at radius 3 is 2.95 bits per heavy atom. The Hall–Kier alpha value is -1.23. The number of amides is 1. The highest BCUT2D eigenvalue weighted by Gasteiger charge is 2.54. The second-order valence-electron chi connectivity index (χ2n) is 6.62. The number of hydrogen-bond acceptors (Lipinski definition) is 4. The molecule has 2 saturated heterocycles. The minimum atomic E-state index is 0.224. The number of thioether (sulfide) groups is 1. The molecule has 0 unspecified atom stereocenters. The first-order chi connectivity index (χ1) is 10.2. The lowest BCUT2D eigenvalue weighted by molar-refractivity contribution is -0.138. The summed E-state index contributed by atoms with van der Waals surface area (Å²) < 4.78 is 6.19. The zero-order valence-corrected chi connectivity index (χ0v) is 13.0. The number of nitrogens with zero attached hydrogens (tertiary/aromatic N) is 2. The van der Waals surface area contributed by atoms with E-state index in [2.05, 4.69) is 11.9 Å². The molecule has 5 heteroatoms. The van der Waals surface area contributed by atoms with Crippen LogP contribution in [0.25, 0.3) is 0 Å². The number of hydrogen-bond donors (Lipinski definition) is 0. The molecular weight excluding hydrogens is 284 g/mol. The SMILES string of the molecule is C[C@@H]1C[C@@H]1C(=O)N1CC2(C[C@H](Oc3ccccn3)CS2)C1. The van der Waals surface area contributed by atoms with Gasteiger partial charge < -0.3 is 9.64 Å². The third kappa shape index (κ3) is 2.52. The summed E-state index contributed by atoms with van der Waals surface area (Å²) >= 11 is 1.97. The largest absolute Gasteiger partial charge is 0.473 e. The number of pyridine rings is 1. The van der Waals surface area contributed by atoms with Crippen molar-refractivity contribution in [2.24, 2.45) is 11.8 Å². The number of ether oxygens (including phenoxy) is 1. The zero-order valence-electron chi connectivity index (χ0n) is 12.2. The van der Waals surface area contributed by atoms with Crippen molar-refractivity contribution in [3.8, 4) is 5.88 Å². The van der Waals surface area contributed by atoms with Gasteiger partial charge in [0.1, 0.15) is 6.10 Å². The van der Waals surface area contributed by atoms with Crippen LogP contribution in [0.2, 0.25) is 0 Å². The maximum absolute atomic E-state index is 12.2. The smallest absolute Gasteiger partial charge is 0.226 e. The Morgan fingerprint density at radius 1 is 1.48 bits per heavy atom. The Morgan fingerprint density at radius 2 is 2.29 bits per heavy atom. The molecule has 2 aliphatic heterocycles. The number of likely N-dealkylation sites (tertiary alicyclic amines) is 1. The molecule has 1 aromatic rings. The van der Waals surface area contributed by atoms with Gasteiger partial charge in [-0.3, -0.25) is 4.79 Å². The molecule has 0 N–H and O–H groups in total. The van der Waals surface area contributed by atoms with E-state index in [1.54, 1.807) is 6.20 Å². The van der Waals surface area contributed by atoms with Gasteiger partial charge in [0, 0.05) is 43.4 Å². The molecule has 3 aliphatic rings. The van der Waals surface area contributed by atoms with E-state index in [9.17, 15) is 4.79 Å². The van der Waals surface area contributed by atoms with Gasteiger partial charge in [-0.2, -0.15) is 0 Å². The van der Waals surface area contributed by atoms with Crippen LogP contribution in [0, 0.1) is 11.8 Å². The fourth-order valence-electron chi connectivity index (χ4n) is 3.39. The van der Waals surface area contributed by atoms with Crippen LogP contribution in [0.3, 0.4) is 0 Å². The van der Waals surface area contributed by atoms with Crippen molar-refractivity contribution in [3.05, 3.63) is 24.4 Å². The molecule has 1 aliphatic carbocycles. The molecule has 1 spiro atoms. The molecular formula is C16H20N2O2S. The average Bonchev–Trinajstić information content (AvgIpc) is 3.03. The Bertz CT molecular complexity index is 544. The summed E-state index contributed by atoms with van der Waals surface area (Å²) in [4.78, 5) is 18.5. The molecule has 4 nitrogen and oxygen atoms in total. The quantitative estimate of drug-likeness (QED) is 0.858. The molecule has 1 amide bonds. The van der Waals surface area contributed by atoms with Gasteiger partial charge in [0.05, 0.1) is 4.75 Å². The van der Waals surface area contributed by atoms with Crippen molar-refractivity contribution in [2.75, 3.05) is 18.8 Å². The van der Waals surface area contributed by atoms with Gasteiger partial charge in [0.25, 0.3) is 0 Å². The van der Waals surface area contributed by atoms with E-state index in [-0.39, 0.29) is 10.9 Å². The van der Waals surface area contributed by atoms with E-state index in [0.717, 1.165) is 31.7 Å². The maximum Gasteiger partial charge on any atom is 0.226 e. The topological polar surface area (TPSA) is 42.4 Å². The van der Waals surface area contributed by atoms with Crippen molar-refractivity contribution < 1.29 is 9.53 Å². The molecule has 1 aromatic heterocycles. The normalized spacial score (nSPS) is 32.8. The van der Waals surface area contributed by atoms with E-state index >= 15 is 0 Å². The van der Waals surface area contributed by atoms with E-state index in [1.165, 1.54) is 0 Å². The monoisotopic (exact) mass is 304 g/mol. The number of aromatic nitrogens is 1. The maximum atomic E-state index is 12.2. The summed E-state index contributed by atoms with van der Waals surface area (Å²) in [6.07, 6.45) is 4.09. The molecule has 1 saturated carbocycles. The van der Waals surface area contributed by atoms with Gasteiger partial charge in [-0.15, -0.1) is 11.8 Å². The van der Waals surface area contributed by atoms with Gasteiger partial charge in [0.2, 0.25) is 11.8 Å². The third-order valence-corrected chi connectivity index (χ3v) is 6.37. The predicted octanol–water partition coefficient (Wildman–Crippen LogP) is 2.20. The minimum Gasteiger partial charge on any atom is -0.473 e. The van der Waals surface area contributed by atoms with Crippen LogP contribution in [0.4, 0.5) is 0 Å². The average molecular weight is 304 g/mol. The van der Waals surface area contributed by atoms with Crippen LogP contribution < -0.4 is 4.74 Å². The molecule has 3 atom stereocenters. The van der Waals surface area contributed by atoms with Crippen LogP contribution in [-0.2, 0) is 4.79 Å². The van der Waals surface area contributed by atoms with E-state index in [1.807, 2.05) is 34.9 Å². The summed E-state index contributed by atoms with van der Waals surface area (Å²) in [5.74, 6) is 3.00. The summed E-state index contributed by atoms with van der Waals surface area (Å²) in [6, 6.07) is 5.74. The van der Waals surface area contributed by atoms with Crippen LogP contribution in [-0.4, -0.2) is 45.5 Å². The van der Waals surface area contributed by atoms with E-state index in [4.69, 9.17) is 4.74 Å². The fourth-order valence-corrected chi connectivity index (χ4v) is 4.92. The highest BCUT2D eigenvalue weighted by molar-refractivity contribution is 8.01. The van der Waals surface area contributed by atoms with Crippen molar-refractivity contribution in [1.29, 1.82) is 0 Å². The second kappa shape index (κ2) is 4.90. The first kappa shape index (κ1) is 13.4. The van der Waals surface area contributed by atoms with Gasteiger partial charge in [-0.1, -0.05) is 13.0 Å². The first-order valence-electron chi connectivity index (χ1n) is 7.66. The third-order valence-electron chi connectivity index (χ3n) is 4.80. The molecule has 3 fully saturated rings. The number of rotatable bonds is 3. The van der Waals surface area contributed by atoms with E-state index < -0.39 is 0 Å². The Balaban J connectivity index is 1.30. The fraction of sp³-hybridized carbons (Fsp3) is 0.625. The summed E-state index contributed by atoms with van der Waals surface area (Å²) in [5.41, 5.74) is 0. The zero-order chi connectivity index (χ0) is 14.4. The lowest BCUT2D eigenvalue weighted by atomic mass is 9.92. The van der Waals surface area contributed by atoms with Crippen molar-refractivity contribution in [3.63, 3.8) is 0 Å². The van der Waals surface area contributed by atoms with Gasteiger partial charge >= 0.3 is 0 Å². The van der Waals surface area contributed by atoms with Gasteiger partial charge in [-0.25, -0.2) is 4.98 Å². The van der Waals surface area contributed by atoms with Crippen molar-refractivity contribution in [2.45, 2.75) is 30.6 Å². The highest BCUT2D eigenvalue weighted by Crippen LogP contribution is 2.48. The van der Waals surface area contributed by atoms with Crippen LogP contribution in [0.15, 0.2) is 24.4 Å². The van der Waals surface area contributed by atoms with Crippen molar-refractivity contribution >= 4 is 17.7 Å². The first-order valence-corrected chi connectivity index (χ1v) is 8.64. The number of carbonyl (C=O) groups is 1. The van der Waals surface area contributed by atoms with Gasteiger partial charge in [0.15, 0.2) is 0 Å². The molecule has 4 rings (SSSR count). The molecule has 112 valence electrons. The van der Waals surface area contributed by atoms with Crippen LogP contribution in [0.1, 0.15) is 19.8 Å². The Labute approximate surface area is 129 Å². The van der Waals surface area contributed by atoms with Crippen LogP contribution >= 0.6 is 11.8 Å². The minimum absolute atomic E-state index is 0.224. The lowest BCUT2D eigenvalue weighted by Crippen LogP contribution is -2.61. The molecule has 3 heterocycles. The van der Waals surface area contributed by atoms with Crippen molar-refractivity contribution in [1.82, 2.24) is 9.88 Å². The van der Waals surface area contributed by atoms with Crippen LogP contribution in [0.5, 0.6) is 5.88 Å². The summed E-state index contributed by atoms with van der Waals surface area (Å²) in [6.45, 7) is 3.97. The highest BCUT2D eigenvalue weighted by atomic mass is 32.2. The molecule has 0 aromatic carbocycles. The predicted molar refractivity (Wildman–Crippen MR) is 82.3 cm³/mol.